The molecule has 0 atom stereocenters. The van der Waals surface area contributed by atoms with Crippen LogP contribution in [0.1, 0.15) is 20.8 Å². The van der Waals surface area contributed by atoms with Crippen molar-refractivity contribution < 1.29 is 9.72 Å². The lowest BCUT2D eigenvalue weighted by molar-refractivity contribution is -0.384. The highest BCUT2D eigenvalue weighted by molar-refractivity contribution is 7.16. The van der Waals surface area contributed by atoms with Crippen LogP contribution in [0.4, 0.5) is 10.7 Å². The zero-order chi connectivity index (χ0) is 17.3. The van der Waals surface area contributed by atoms with E-state index in [4.69, 9.17) is 5.73 Å². The number of benzene rings is 2. The number of ketones is 1. The van der Waals surface area contributed by atoms with E-state index in [0.717, 1.165) is 16.0 Å². The molecule has 2 aromatic carbocycles. The summed E-state index contributed by atoms with van der Waals surface area (Å²) in [6.45, 7) is 1.91. The SMILES string of the molecule is Cc1sc(N)c(C(=O)c2cccc([N+](=O)[O-])c2)c1-c1ccccc1. The van der Waals surface area contributed by atoms with Crippen LogP contribution in [0.3, 0.4) is 0 Å². The van der Waals surface area contributed by atoms with E-state index in [1.54, 1.807) is 6.07 Å². The van der Waals surface area contributed by atoms with Gasteiger partial charge in [0.25, 0.3) is 5.69 Å². The highest BCUT2D eigenvalue weighted by Gasteiger charge is 2.23. The third-order valence-corrected chi connectivity index (χ3v) is 4.65. The van der Waals surface area contributed by atoms with Gasteiger partial charge in [-0.2, -0.15) is 0 Å². The number of carbonyl (C=O) groups excluding carboxylic acids is 1. The lowest BCUT2D eigenvalue weighted by atomic mass is 9.95. The monoisotopic (exact) mass is 338 g/mol. The molecule has 6 heteroatoms. The molecule has 24 heavy (non-hydrogen) atoms. The van der Waals surface area contributed by atoms with Crippen molar-refractivity contribution in [3.05, 3.63) is 80.7 Å². The third-order valence-electron chi connectivity index (χ3n) is 3.72. The summed E-state index contributed by atoms with van der Waals surface area (Å²) in [7, 11) is 0. The molecule has 5 nitrogen and oxygen atoms in total. The van der Waals surface area contributed by atoms with Crippen molar-refractivity contribution in [3.63, 3.8) is 0 Å². The van der Waals surface area contributed by atoms with Crippen molar-refractivity contribution in [2.45, 2.75) is 6.92 Å². The molecule has 0 unspecified atom stereocenters. The maximum absolute atomic E-state index is 13.0. The summed E-state index contributed by atoms with van der Waals surface area (Å²) in [5, 5.41) is 11.4. The number of rotatable bonds is 4. The number of nitrogens with two attached hydrogens (primary N) is 1. The number of nitrogens with zero attached hydrogens (tertiary/aromatic N) is 1. The normalized spacial score (nSPS) is 10.5. The van der Waals surface area contributed by atoms with Crippen molar-refractivity contribution in [1.29, 1.82) is 0 Å². The van der Waals surface area contributed by atoms with Crippen molar-refractivity contribution in [1.82, 2.24) is 0 Å². The van der Waals surface area contributed by atoms with Gasteiger partial charge in [-0.05, 0) is 12.5 Å². The van der Waals surface area contributed by atoms with Gasteiger partial charge in [0.15, 0.2) is 5.78 Å². The van der Waals surface area contributed by atoms with Crippen LogP contribution in [0.15, 0.2) is 54.6 Å². The van der Waals surface area contributed by atoms with Gasteiger partial charge in [0.05, 0.1) is 15.5 Å². The second kappa shape index (κ2) is 6.25. The maximum atomic E-state index is 13.0. The fourth-order valence-electron chi connectivity index (χ4n) is 2.65. The summed E-state index contributed by atoms with van der Waals surface area (Å²) < 4.78 is 0. The molecule has 0 amide bonds. The molecule has 3 aromatic rings. The molecular formula is C18H14N2O3S. The van der Waals surface area contributed by atoms with Gasteiger partial charge in [-0.25, -0.2) is 0 Å². The van der Waals surface area contributed by atoms with Crippen LogP contribution in [0.25, 0.3) is 11.1 Å². The second-order valence-electron chi connectivity index (χ2n) is 5.28. The standard InChI is InChI=1S/C18H14N2O3S/c1-11-15(12-6-3-2-4-7-12)16(18(19)24-11)17(21)13-8-5-9-14(10-13)20(22)23/h2-10H,19H2,1H3. The smallest absolute Gasteiger partial charge is 0.270 e. The van der Waals surface area contributed by atoms with Gasteiger partial charge in [-0.15, -0.1) is 11.3 Å². The Morgan fingerprint density at radius 2 is 1.83 bits per heavy atom. The van der Waals surface area contributed by atoms with E-state index < -0.39 is 4.92 Å². The Kier molecular flexibility index (Phi) is 4.14. The van der Waals surface area contributed by atoms with Crippen molar-refractivity contribution in [2.24, 2.45) is 0 Å². The number of thiophene rings is 1. The minimum atomic E-state index is -0.517. The quantitative estimate of drug-likeness (QED) is 0.433. The van der Waals surface area contributed by atoms with Gasteiger partial charge in [-0.3, -0.25) is 14.9 Å². The number of hydrogen-bond donors (Lipinski definition) is 1. The van der Waals surface area contributed by atoms with E-state index >= 15 is 0 Å². The number of carbonyl (C=O) groups is 1. The first-order valence-corrected chi connectivity index (χ1v) is 8.04. The molecule has 120 valence electrons. The van der Waals surface area contributed by atoms with Gasteiger partial charge < -0.3 is 5.73 Å². The van der Waals surface area contributed by atoms with Crippen LogP contribution in [-0.2, 0) is 0 Å². The summed E-state index contributed by atoms with van der Waals surface area (Å²) in [6, 6.07) is 15.2. The Bertz CT molecular complexity index is 933. The predicted molar refractivity (Wildman–Crippen MR) is 95.4 cm³/mol. The highest BCUT2D eigenvalue weighted by Crippen LogP contribution is 2.39. The highest BCUT2D eigenvalue weighted by atomic mass is 32.1. The Morgan fingerprint density at radius 1 is 1.12 bits per heavy atom. The van der Waals surface area contributed by atoms with Gasteiger partial charge >= 0.3 is 0 Å². The first kappa shape index (κ1) is 15.9. The van der Waals surface area contributed by atoms with Crippen LogP contribution >= 0.6 is 11.3 Å². The van der Waals surface area contributed by atoms with Crippen molar-refractivity contribution in [3.8, 4) is 11.1 Å². The first-order chi connectivity index (χ1) is 11.5. The zero-order valence-corrected chi connectivity index (χ0v) is 13.7. The van der Waals surface area contributed by atoms with Crippen LogP contribution in [0.2, 0.25) is 0 Å². The van der Waals surface area contributed by atoms with Gasteiger partial charge in [0, 0.05) is 28.1 Å². The minimum absolute atomic E-state index is 0.118. The zero-order valence-electron chi connectivity index (χ0n) is 12.9. The molecule has 2 N–H and O–H groups in total. The molecule has 0 radical (unpaired) electrons. The first-order valence-electron chi connectivity index (χ1n) is 7.22. The summed E-state index contributed by atoms with van der Waals surface area (Å²) in [5.41, 5.74) is 8.31. The van der Waals surface area contributed by atoms with Gasteiger partial charge in [0.1, 0.15) is 0 Å². The molecule has 3 rings (SSSR count). The predicted octanol–water partition coefficient (Wildman–Crippen LogP) is 4.44. The van der Waals surface area contributed by atoms with Crippen LogP contribution in [-0.4, -0.2) is 10.7 Å². The van der Waals surface area contributed by atoms with E-state index in [2.05, 4.69) is 0 Å². The number of aryl methyl sites for hydroxylation is 1. The summed E-state index contributed by atoms with van der Waals surface area (Å²) >= 11 is 1.35. The summed E-state index contributed by atoms with van der Waals surface area (Å²) in [6.07, 6.45) is 0. The lowest BCUT2D eigenvalue weighted by Gasteiger charge is -2.07. The summed E-state index contributed by atoms with van der Waals surface area (Å²) in [5.74, 6) is -0.306. The van der Waals surface area contributed by atoms with Crippen LogP contribution in [0, 0.1) is 17.0 Å². The molecule has 0 aliphatic heterocycles. The molecule has 0 spiro atoms. The Labute approximate surface area is 142 Å². The van der Waals surface area contributed by atoms with E-state index in [1.807, 2.05) is 37.3 Å². The molecule has 0 saturated heterocycles. The average Bonchev–Trinajstić information content (AvgIpc) is 2.89. The molecule has 0 aliphatic rings. The maximum Gasteiger partial charge on any atom is 0.270 e. The topological polar surface area (TPSA) is 86.2 Å². The van der Waals surface area contributed by atoms with Crippen molar-refractivity contribution in [2.75, 3.05) is 5.73 Å². The van der Waals surface area contributed by atoms with Crippen LogP contribution in [0.5, 0.6) is 0 Å². The van der Waals surface area contributed by atoms with E-state index in [0.29, 0.717) is 10.6 Å². The molecule has 1 aromatic heterocycles. The molecule has 0 fully saturated rings. The number of anilines is 1. The molecule has 0 saturated carbocycles. The Hall–Kier alpha value is -2.99. The number of nitrogen functional groups attached to an aromatic ring is 1. The number of nitro groups is 1. The third kappa shape index (κ3) is 2.79. The number of nitro benzene ring substituents is 1. The minimum Gasteiger partial charge on any atom is -0.390 e. The molecule has 0 bridgehead atoms. The molecular weight excluding hydrogens is 324 g/mol. The number of hydrogen-bond acceptors (Lipinski definition) is 5. The largest absolute Gasteiger partial charge is 0.390 e. The fraction of sp³-hybridized carbons (Fsp3) is 0.0556. The van der Waals surface area contributed by atoms with E-state index in [9.17, 15) is 14.9 Å². The Balaban J connectivity index is 2.15. The second-order valence-corrected chi connectivity index (χ2v) is 6.53. The fourth-order valence-corrected chi connectivity index (χ4v) is 3.60. The van der Waals surface area contributed by atoms with Crippen LogP contribution < -0.4 is 5.73 Å². The van der Waals surface area contributed by atoms with Gasteiger partial charge in [-0.1, -0.05) is 42.5 Å². The Morgan fingerprint density at radius 3 is 2.50 bits per heavy atom. The number of non-ortho nitro benzene ring substituents is 1. The van der Waals surface area contributed by atoms with Gasteiger partial charge in [0.2, 0.25) is 0 Å². The molecule has 1 heterocycles. The average molecular weight is 338 g/mol. The summed E-state index contributed by atoms with van der Waals surface area (Å²) in [4.78, 5) is 24.3. The van der Waals surface area contributed by atoms with E-state index in [-0.39, 0.29) is 17.0 Å². The van der Waals surface area contributed by atoms with Crippen molar-refractivity contribution >= 4 is 27.8 Å². The molecule has 0 aliphatic carbocycles. The van der Waals surface area contributed by atoms with E-state index in [1.165, 1.54) is 29.5 Å². The lowest BCUT2D eigenvalue weighted by Crippen LogP contribution is -2.05.